The number of oxazole rings is 1. The van der Waals surface area contributed by atoms with E-state index in [1.54, 1.807) is 0 Å². The Bertz CT molecular complexity index is 534. The maximum atomic E-state index is 5.72. The number of nitrogens with one attached hydrogen (secondary N) is 1. The maximum absolute atomic E-state index is 5.72. The molecule has 1 aromatic heterocycles. The van der Waals surface area contributed by atoms with Crippen LogP contribution in [-0.4, -0.2) is 22.5 Å². The van der Waals surface area contributed by atoms with Crippen LogP contribution in [0.25, 0.3) is 11.1 Å². The summed E-state index contributed by atoms with van der Waals surface area (Å²) in [7, 11) is 0. The van der Waals surface area contributed by atoms with Crippen molar-refractivity contribution in [3.8, 4) is 0 Å². The molecule has 0 radical (unpaired) electrons. The zero-order chi connectivity index (χ0) is 12.4. The minimum Gasteiger partial charge on any atom is -0.424 e. The number of nitrogens with zero attached hydrogens (tertiary/aromatic N) is 1. The van der Waals surface area contributed by atoms with Crippen molar-refractivity contribution in [2.75, 3.05) is 23.3 Å². The van der Waals surface area contributed by atoms with Gasteiger partial charge in [0.1, 0.15) is 5.52 Å². The lowest BCUT2D eigenvalue weighted by molar-refractivity contribution is 0.606. The summed E-state index contributed by atoms with van der Waals surface area (Å²) in [5.41, 5.74) is 8.03. The Balaban J connectivity index is 1.67. The monoisotopic (exact) mass is 263 g/mol. The molecule has 0 aliphatic carbocycles. The molecule has 0 bridgehead atoms. The summed E-state index contributed by atoms with van der Waals surface area (Å²) >= 11 is 2.04. The largest absolute Gasteiger partial charge is 0.424 e. The van der Waals surface area contributed by atoms with Gasteiger partial charge < -0.3 is 15.5 Å². The Kier molecular flexibility index (Phi) is 3.32. The third kappa shape index (κ3) is 2.56. The van der Waals surface area contributed by atoms with Gasteiger partial charge in [-0.2, -0.15) is 16.7 Å². The number of benzene rings is 1. The third-order valence-electron chi connectivity index (χ3n) is 3.17. The summed E-state index contributed by atoms with van der Waals surface area (Å²) < 4.78 is 5.63. The van der Waals surface area contributed by atoms with E-state index >= 15 is 0 Å². The smallest absolute Gasteiger partial charge is 0.295 e. The van der Waals surface area contributed by atoms with Crippen molar-refractivity contribution in [3.05, 3.63) is 18.2 Å². The average molecular weight is 263 g/mol. The van der Waals surface area contributed by atoms with Gasteiger partial charge in [0.2, 0.25) is 0 Å². The molecule has 1 saturated heterocycles. The van der Waals surface area contributed by atoms with Gasteiger partial charge in [-0.05, 0) is 36.8 Å². The van der Waals surface area contributed by atoms with E-state index in [1.807, 2.05) is 30.0 Å². The van der Waals surface area contributed by atoms with E-state index in [2.05, 4.69) is 10.3 Å². The van der Waals surface area contributed by atoms with Crippen LogP contribution in [0.3, 0.4) is 0 Å². The van der Waals surface area contributed by atoms with Gasteiger partial charge in [0, 0.05) is 17.5 Å². The molecule has 18 heavy (non-hydrogen) atoms. The second-order valence-corrected chi connectivity index (χ2v) is 6.02. The van der Waals surface area contributed by atoms with Gasteiger partial charge in [0.05, 0.1) is 0 Å². The van der Waals surface area contributed by atoms with Crippen LogP contribution >= 0.6 is 11.8 Å². The molecule has 0 spiro atoms. The zero-order valence-electron chi connectivity index (χ0n) is 10.2. The molecule has 3 rings (SSSR count). The second-order valence-electron chi connectivity index (χ2n) is 4.62. The number of hydrogen-bond donors (Lipinski definition) is 2. The fourth-order valence-corrected chi connectivity index (χ4v) is 3.43. The predicted octanol–water partition coefficient (Wildman–Crippen LogP) is 3.11. The molecule has 2 aromatic rings. The molecule has 0 saturated carbocycles. The molecule has 3 N–H and O–H groups in total. The van der Waals surface area contributed by atoms with Gasteiger partial charge >= 0.3 is 0 Å². The number of anilines is 2. The van der Waals surface area contributed by atoms with Crippen molar-refractivity contribution in [3.63, 3.8) is 0 Å². The molecule has 1 atom stereocenters. The summed E-state index contributed by atoms with van der Waals surface area (Å²) in [5.74, 6) is 1.27. The van der Waals surface area contributed by atoms with Crippen molar-refractivity contribution in [2.45, 2.75) is 24.5 Å². The molecule has 4 nitrogen and oxygen atoms in total. The Labute approximate surface area is 110 Å². The molecule has 1 aromatic carbocycles. The maximum Gasteiger partial charge on any atom is 0.295 e. The molecule has 1 aliphatic rings. The molecular weight excluding hydrogens is 246 g/mol. The van der Waals surface area contributed by atoms with Crippen LogP contribution in [0.2, 0.25) is 0 Å². The summed E-state index contributed by atoms with van der Waals surface area (Å²) in [4.78, 5) is 4.39. The molecule has 1 unspecified atom stereocenters. The normalized spacial score (nSPS) is 20.1. The number of fused-ring (bicyclic) bond motifs is 1. The molecule has 1 fully saturated rings. The first kappa shape index (κ1) is 11.7. The van der Waals surface area contributed by atoms with E-state index in [0.717, 1.165) is 17.6 Å². The minimum absolute atomic E-state index is 0.599. The third-order valence-corrected chi connectivity index (χ3v) is 4.56. The van der Waals surface area contributed by atoms with Crippen LogP contribution in [0.1, 0.15) is 19.3 Å². The van der Waals surface area contributed by atoms with E-state index < -0.39 is 0 Å². The van der Waals surface area contributed by atoms with Gasteiger partial charge in [-0.15, -0.1) is 0 Å². The Morgan fingerprint density at radius 1 is 1.44 bits per heavy atom. The lowest BCUT2D eigenvalue weighted by Crippen LogP contribution is -2.20. The highest BCUT2D eigenvalue weighted by atomic mass is 32.2. The fraction of sp³-hybridized carbons (Fsp3) is 0.462. The standard InChI is InChI=1S/C13H17N3OS/c14-9-4-5-12-11(7-9)16-13(17-12)15-8-10-3-1-2-6-18-10/h4-5,7,10H,1-3,6,8,14H2,(H,15,16). The number of hydrogen-bond acceptors (Lipinski definition) is 5. The lowest BCUT2D eigenvalue weighted by atomic mass is 10.2. The number of nitrogens with two attached hydrogens (primary N) is 1. The van der Waals surface area contributed by atoms with Crippen LogP contribution in [0, 0.1) is 0 Å². The Morgan fingerprint density at radius 2 is 2.39 bits per heavy atom. The lowest BCUT2D eigenvalue weighted by Gasteiger charge is -2.20. The molecular formula is C13H17N3OS. The van der Waals surface area contributed by atoms with E-state index in [0.29, 0.717) is 17.0 Å². The van der Waals surface area contributed by atoms with Crippen LogP contribution in [-0.2, 0) is 0 Å². The highest BCUT2D eigenvalue weighted by molar-refractivity contribution is 7.99. The first-order valence-corrected chi connectivity index (χ1v) is 7.38. The predicted molar refractivity (Wildman–Crippen MR) is 77.0 cm³/mol. The van der Waals surface area contributed by atoms with E-state index in [1.165, 1.54) is 25.0 Å². The first-order chi connectivity index (χ1) is 8.81. The van der Waals surface area contributed by atoms with Crippen molar-refractivity contribution >= 4 is 34.6 Å². The SMILES string of the molecule is Nc1ccc2oc(NCC3CCCCS3)nc2c1. The molecule has 2 heterocycles. The van der Waals surface area contributed by atoms with Gasteiger partial charge in [-0.3, -0.25) is 0 Å². The number of thioether (sulfide) groups is 1. The quantitative estimate of drug-likeness (QED) is 0.833. The van der Waals surface area contributed by atoms with Crippen LogP contribution < -0.4 is 11.1 Å². The molecule has 96 valence electrons. The number of rotatable bonds is 3. The van der Waals surface area contributed by atoms with Gasteiger partial charge in [-0.25, -0.2) is 0 Å². The molecule has 0 amide bonds. The number of aromatic nitrogens is 1. The highest BCUT2D eigenvalue weighted by Gasteiger charge is 2.14. The van der Waals surface area contributed by atoms with E-state index in [-0.39, 0.29) is 0 Å². The van der Waals surface area contributed by atoms with Crippen molar-refractivity contribution in [2.24, 2.45) is 0 Å². The summed E-state index contributed by atoms with van der Waals surface area (Å²) in [6.07, 6.45) is 3.97. The van der Waals surface area contributed by atoms with Crippen molar-refractivity contribution in [1.82, 2.24) is 4.98 Å². The minimum atomic E-state index is 0.599. The van der Waals surface area contributed by atoms with E-state index in [4.69, 9.17) is 10.2 Å². The second kappa shape index (κ2) is 5.10. The highest BCUT2D eigenvalue weighted by Crippen LogP contribution is 2.26. The summed E-state index contributed by atoms with van der Waals surface area (Å²) in [6, 6.07) is 6.12. The summed E-state index contributed by atoms with van der Waals surface area (Å²) in [5, 5.41) is 3.96. The Hall–Kier alpha value is -1.36. The van der Waals surface area contributed by atoms with Crippen LogP contribution in [0.4, 0.5) is 11.7 Å². The number of nitrogen functional groups attached to an aromatic ring is 1. The fourth-order valence-electron chi connectivity index (χ4n) is 2.19. The molecule has 1 aliphatic heterocycles. The van der Waals surface area contributed by atoms with Crippen LogP contribution in [0.5, 0.6) is 0 Å². The van der Waals surface area contributed by atoms with Gasteiger partial charge in [0.15, 0.2) is 5.58 Å². The summed E-state index contributed by atoms with van der Waals surface area (Å²) in [6.45, 7) is 0.924. The van der Waals surface area contributed by atoms with Crippen molar-refractivity contribution in [1.29, 1.82) is 0 Å². The van der Waals surface area contributed by atoms with Crippen LogP contribution in [0.15, 0.2) is 22.6 Å². The van der Waals surface area contributed by atoms with Gasteiger partial charge in [-0.1, -0.05) is 6.42 Å². The average Bonchev–Trinajstić information content (AvgIpc) is 2.79. The first-order valence-electron chi connectivity index (χ1n) is 6.33. The topological polar surface area (TPSA) is 64.1 Å². The van der Waals surface area contributed by atoms with Crippen molar-refractivity contribution < 1.29 is 4.42 Å². The van der Waals surface area contributed by atoms with Gasteiger partial charge in [0.25, 0.3) is 6.01 Å². The van der Waals surface area contributed by atoms with E-state index in [9.17, 15) is 0 Å². The zero-order valence-corrected chi connectivity index (χ0v) is 11.0. The molecule has 5 heteroatoms. The Morgan fingerprint density at radius 3 is 3.22 bits per heavy atom.